The molecule has 3 rings (SSSR count). The van der Waals surface area contributed by atoms with Crippen LogP contribution in [0.3, 0.4) is 0 Å². The molecule has 2 aromatic carbocycles. The number of aromatic nitrogens is 1. The molecule has 4 nitrogen and oxygen atoms in total. The summed E-state index contributed by atoms with van der Waals surface area (Å²) < 4.78 is 8.50. The van der Waals surface area contributed by atoms with Crippen molar-refractivity contribution in [2.45, 2.75) is 13.5 Å². The third-order valence-corrected chi connectivity index (χ3v) is 4.67. The second kappa shape index (κ2) is 7.27. The summed E-state index contributed by atoms with van der Waals surface area (Å²) in [5.74, 6) is 0.519. The molecule has 1 amide bonds. The van der Waals surface area contributed by atoms with E-state index in [4.69, 9.17) is 4.74 Å². The summed E-state index contributed by atoms with van der Waals surface area (Å²) in [6.07, 6.45) is 3.27. The normalized spacial score (nSPS) is 12.2. The van der Waals surface area contributed by atoms with Gasteiger partial charge < -0.3 is 9.30 Å². The first-order valence-electron chi connectivity index (χ1n) is 7.71. The number of amides is 1. The zero-order valence-electron chi connectivity index (χ0n) is 13.6. The van der Waals surface area contributed by atoms with E-state index in [1.807, 2.05) is 60.0 Å². The minimum atomic E-state index is -0.272. The SMILES string of the molecule is CCn1c(=NC(=O)/C=C/c2ccccc2)sc2cccc(OC)c21. The third-order valence-electron chi connectivity index (χ3n) is 3.62. The first kappa shape index (κ1) is 16.2. The van der Waals surface area contributed by atoms with Crippen LogP contribution in [0.25, 0.3) is 16.3 Å². The summed E-state index contributed by atoms with van der Waals surface area (Å²) in [6.45, 7) is 2.75. The Hall–Kier alpha value is -2.66. The largest absolute Gasteiger partial charge is 0.495 e. The van der Waals surface area contributed by atoms with Crippen LogP contribution in [0.1, 0.15) is 12.5 Å². The first-order chi connectivity index (χ1) is 11.7. The lowest BCUT2D eigenvalue weighted by atomic mass is 10.2. The van der Waals surface area contributed by atoms with Gasteiger partial charge in [0.2, 0.25) is 0 Å². The highest BCUT2D eigenvalue weighted by Crippen LogP contribution is 2.27. The van der Waals surface area contributed by atoms with E-state index in [1.165, 1.54) is 17.4 Å². The fourth-order valence-corrected chi connectivity index (χ4v) is 3.62. The molecule has 0 atom stereocenters. The molecule has 122 valence electrons. The van der Waals surface area contributed by atoms with Crippen LogP contribution >= 0.6 is 11.3 Å². The molecular formula is C19H18N2O2S. The van der Waals surface area contributed by atoms with Crippen LogP contribution in [-0.2, 0) is 11.3 Å². The Bertz CT molecular complexity index is 952. The maximum Gasteiger partial charge on any atom is 0.272 e. The molecule has 0 unspecified atom stereocenters. The number of benzene rings is 2. The molecule has 0 aliphatic heterocycles. The van der Waals surface area contributed by atoms with Crippen molar-refractivity contribution in [3.8, 4) is 5.75 Å². The van der Waals surface area contributed by atoms with Gasteiger partial charge in [-0.05, 0) is 30.7 Å². The highest BCUT2D eigenvalue weighted by Gasteiger charge is 2.10. The molecule has 0 saturated heterocycles. The maximum absolute atomic E-state index is 12.2. The smallest absolute Gasteiger partial charge is 0.272 e. The lowest BCUT2D eigenvalue weighted by Crippen LogP contribution is -2.15. The number of rotatable bonds is 4. The maximum atomic E-state index is 12.2. The van der Waals surface area contributed by atoms with Crippen molar-refractivity contribution in [1.29, 1.82) is 0 Å². The van der Waals surface area contributed by atoms with E-state index in [1.54, 1.807) is 13.2 Å². The van der Waals surface area contributed by atoms with Gasteiger partial charge in [-0.15, -0.1) is 0 Å². The molecule has 0 spiro atoms. The van der Waals surface area contributed by atoms with Gasteiger partial charge in [-0.2, -0.15) is 4.99 Å². The summed E-state index contributed by atoms with van der Waals surface area (Å²) in [6, 6.07) is 15.6. The number of fused-ring (bicyclic) bond motifs is 1. The molecule has 24 heavy (non-hydrogen) atoms. The Morgan fingerprint density at radius 1 is 1.21 bits per heavy atom. The lowest BCUT2D eigenvalue weighted by Gasteiger charge is -2.05. The Morgan fingerprint density at radius 2 is 2.00 bits per heavy atom. The van der Waals surface area contributed by atoms with E-state index in [2.05, 4.69) is 4.99 Å². The second-order valence-corrected chi connectivity index (χ2v) is 6.14. The molecule has 5 heteroatoms. The lowest BCUT2D eigenvalue weighted by molar-refractivity contribution is -0.113. The van der Waals surface area contributed by atoms with Crippen LogP contribution < -0.4 is 9.54 Å². The van der Waals surface area contributed by atoms with E-state index in [9.17, 15) is 4.79 Å². The fourth-order valence-electron chi connectivity index (χ4n) is 2.50. The average molecular weight is 338 g/mol. The summed E-state index contributed by atoms with van der Waals surface area (Å²) in [5, 5.41) is 0. The number of hydrogen-bond acceptors (Lipinski definition) is 3. The minimum Gasteiger partial charge on any atom is -0.495 e. The Kier molecular flexibility index (Phi) is 4.91. The molecule has 1 aromatic heterocycles. The van der Waals surface area contributed by atoms with E-state index in [-0.39, 0.29) is 5.91 Å². The monoisotopic (exact) mass is 338 g/mol. The van der Waals surface area contributed by atoms with Gasteiger partial charge in [0.1, 0.15) is 11.3 Å². The van der Waals surface area contributed by atoms with Gasteiger partial charge in [0, 0.05) is 12.6 Å². The van der Waals surface area contributed by atoms with Crippen molar-refractivity contribution in [1.82, 2.24) is 4.57 Å². The highest BCUT2D eigenvalue weighted by molar-refractivity contribution is 7.16. The predicted octanol–water partition coefficient (Wildman–Crippen LogP) is 3.87. The van der Waals surface area contributed by atoms with E-state index >= 15 is 0 Å². The van der Waals surface area contributed by atoms with Crippen LogP contribution in [0.5, 0.6) is 5.75 Å². The molecule has 0 N–H and O–H groups in total. The number of nitrogens with zero attached hydrogens (tertiary/aromatic N) is 2. The Balaban J connectivity index is 2.01. The molecule has 0 aliphatic rings. The average Bonchev–Trinajstić information content (AvgIpc) is 2.97. The number of para-hydroxylation sites is 1. The predicted molar refractivity (Wildman–Crippen MR) is 98.1 cm³/mol. The van der Waals surface area contributed by atoms with Crippen LogP contribution in [0, 0.1) is 0 Å². The number of aryl methyl sites for hydroxylation is 1. The number of thiazole rings is 1. The van der Waals surface area contributed by atoms with Crippen LogP contribution in [0.2, 0.25) is 0 Å². The summed E-state index contributed by atoms with van der Waals surface area (Å²) in [7, 11) is 1.65. The molecule has 0 saturated carbocycles. The number of hydrogen-bond donors (Lipinski definition) is 0. The van der Waals surface area contributed by atoms with Crippen molar-refractivity contribution < 1.29 is 9.53 Å². The number of carbonyl (C=O) groups excluding carboxylic acids is 1. The zero-order chi connectivity index (χ0) is 16.9. The molecule has 0 fully saturated rings. The van der Waals surface area contributed by atoms with E-state index in [0.717, 1.165) is 28.1 Å². The van der Waals surface area contributed by atoms with Crippen molar-refractivity contribution >= 4 is 33.5 Å². The summed E-state index contributed by atoms with van der Waals surface area (Å²) in [5.41, 5.74) is 1.95. The minimum absolute atomic E-state index is 0.272. The van der Waals surface area contributed by atoms with Gasteiger partial charge in [-0.3, -0.25) is 4.79 Å². The molecule has 0 bridgehead atoms. The number of ether oxygens (including phenoxy) is 1. The van der Waals surface area contributed by atoms with Crippen molar-refractivity contribution in [3.05, 3.63) is 65.0 Å². The highest BCUT2D eigenvalue weighted by atomic mass is 32.1. The van der Waals surface area contributed by atoms with Crippen molar-refractivity contribution in [2.75, 3.05) is 7.11 Å². The summed E-state index contributed by atoms with van der Waals surface area (Å²) in [4.78, 5) is 17.1. The van der Waals surface area contributed by atoms with Crippen LogP contribution in [0.15, 0.2) is 59.6 Å². The van der Waals surface area contributed by atoms with Gasteiger partial charge in [-0.25, -0.2) is 0 Å². The Morgan fingerprint density at radius 3 is 2.71 bits per heavy atom. The van der Waals surface area contributed by atoms with Crippen molar-refractivity contribution in [2.24, 2.45) is 4.99 Å². The zero-order valence-corrected chi connectivity index (χ0v) is 14.4. The van der Waals surface area contributed by atoms with Crippen molar-refractivity contribution in [3.63, 3.8) is 0 Å². The molecule has 0 radical (unpaired) electrons. The standard InChI is InChI=1S/C19H18N2O2S/c1-3-21-18-15(23-2)10-7-11-16(18)24-19(21)20-17(22)13-12-14-8-5-4-6-9-14/h4-13H,3H2,1-2H3/b13-12+,20-19?. The van der Waals surface area contributed by atoms with Crippen LogP contribution in [-0.4, -0.2) is 17.6 Å². The summed E-state index contributed by atoms with van der Waals surface area (Å²) >= 11 is 1.49. The fraction of sp³-hybridized carbons (Fsp3) is 0.158. The first-order valence-corrected chi connectivity index (χ1v) is 8.52. The number of carbonyl (C=O) groups is 1. The Labute approximate surface area is 144 Å². The van der Waals surface area contributed by atoms with E-state index < -0.39 is 0 Å². The van der Waals surface area contributed by atoms with Gasteiger partial charge in [-0.1, -0.05) is 47.7 Å². The van der Waals surface area contributed by atoms with E-state index in [0.29, 0.717) is 4.80 Å². The molecule has 1 heterocycles. The number of methoxy groups -OCH3 is 1. The third kappa shape index (κ3) is 3.31. The molecular weight excluding hydrogens is 320 g/mol. The quantitative estimate of drug-likeness (QED) is 0.678. The molecule has 3 aromatic rings. The topological polar surface area (TPSA) is 43.6 Å². The van der Waals surface area contributed by atoms with Gasteiger partial charge in [0.05, 0.1) is 11.8 Å². The van der Waals surface area contributed by atoms with Crippen LogP contribution in [0.4, 0.5) is 0 Å². The second-order valence-electron chi connectivity index (χ2n) is 5.13. The molecule has 0 aliphatic carbocycles. The van der Waals surface area contributed by atoms with Gasteiger partial charge >= 0.3 is 0 Å². The van der Waals surface area contributed by atoms with Gasteiger partial charge in [0.15, 0.2) is 4.80 Å². The van der Waals surface area contributed by atoms with Gasteiger partial charge in [0.25, 0.3) is 5.91 Å².